The summed E-state index contributed by atoms with van der Waals surface area (Å²) >= 11 is 0. The maximum absolute atomic E-state index is 13.3. The average molecular weight is 486 g/mol. The lowest BCUT2D eigenvalue weighted by Crippen LogP contribution is -2.56. The van der Waals surface area contributed by atoms with Crippen LogP contribution in [0, 0.1) is 0 Å². The quantitative estimate of drug-likeness (QED) is 0.617. The molecular formula is C22H27N7O6. The van der Waals surface area contributed by atoms with Crippen LogP contribution in [-0.2, 0) is 14.2 Å². The molecular weight excluding hydrogens is 458 g/mol. The first kappa shape index (κ1) is 23.2. The third-order valence-corrected chi connectivity index (χ3v) is 6.01. The lowest BCUT2D eigenvalue weighted by atomic mass is 10.0. The van der Waals surface area contributed by atoms with E-state index in [4.69, 9.17) is 18.9 Å². The first-order chi connectivity index (χ1) is 16.8. The van der Waals surface area contributed by atoms with Crippen molar-refractivity contribution in [3.63, 3.8) is 0 Å². The van der Waals surface area contributed by atoms with E-state index in [0.29, 0.717) is 30.5 Å². The summed E-state index contributed by atoms with van der Waals surface area (Å²) in [6, 6.07) is -0.529. The molecule has 3 aliphatic heterocycles. The van der Waals surface area contributed by atoms with Crippen LogP contribution in [0.25, 0.3) is 0 Å². The van der Waals surface area contributed by atoms with E-state index in [1.54, 1.807) is 11.1 Å². The Hall–Kier alpha value is -3.58. The molecule has 5 heterocycles. The Kier molecular flexibility index (Phi) is 6.11. The summed E-state index contributed by atoms with van der Waals surface area (Å²) in [7, 11) is 1.26. The number of fused-ring (bicyclic) bond motifs is 4. The molecule has 2 aromatic heterocycles. The van der Waals surface area contributed by atoms with Gasteiger partial charge in [0.1, 0.15) is 12.7 Å². The zero-order valence-electron chi connectivity index (χ0n) is 19.8. The lowest BCUT2D eigenvalue weighted by Gasteiger charge is -2.45. The first-order valence-corrected chi connectivity index (χ1v) is 11.4. The molecule has 0 radical (unpaired) electrons. The highest BCUT2D eigenvalue weighted by molar-refractivity contribution is 6.04. The predicted octanol–water partition coefficient (Wildman–Crippen LogP) is 1.60. The topological polar surface area (TPSA) is 141 Å². The van der Waals surface area contributed by atoms with Crippen molar-refractivity contribution in [1.29, 1.82) is 0 Å². The van der Waals surface area contributed by atoms with Crippen LogP contribution in [0.5, 0.6) is 5.88 Å². The minimum absolute atomic E-state index is 0.105. The van der Waals surface area contributed by atoms with Crippen LogP contribution in [0.4, 0.5) is 22.1 Å². The van der Waals surface area contributed by atoms with E-state index in [0.717, 1.165) is 19.4 Å². The van der Waals surface area contributed by atoms with Gasteiger partial charge in [-0.3, -0.25) is 10.2 Å². The zero-order chi connectivity index (χ0) is 24.6. The molecule has 2 amide bonds. The minimum Gasteiger partial charge on any atom is -0.474 e. The van der Waals surface area contributed by atoms with Crippen LogP contribution < -0.4 is 19.9 Å². The van der Waals surface area contributed by atoms with Gasteiger partial charge in [0.2, 0.25) is 11.7 Å². The van der Waals surface area contributed by atoms with Crippen LogP contribution in [-0.4, -0.2) is 83.3 Å². The van der Waals surface area contributed by atoms with Gasteiger partial charge in [0, 0.05) is 13.1 Å². The second-order valence-corrected chi connectivity index (χ2v) is 8.94. The summed E-state index contributed by atoms with van der Waals surface area (Å²) in [6.07, 6.45) is 5.94. The molecule has 2 saturated heterocycles. The maximum atomic E-state index is 13.3. The van der Waals surface area contributed by atoms with Gasteiger partial charge in [-0.15, -0.1) is 0 Å². The summed E-state index contributed by atoms with van der Waals surface area (Å²) in [5, 5.41) is 2.77. The highest BCUT2D eigenvalue weighted by Gasteiger charge is 2.39. The number of urea groups is 1. The van der Waals surface area contributed by atoms with Gasteiger partial charge in [-0.2, -0.15) is 0 Å². The number of nitrogens with zero attached hydrogens (tertiary/aromatic N) is 6. The van der Waals surface area contributed by atoms with E-state index >= 15 is 0 Å². The van der Waals surface area contributed by atoms with E-state index in [9.17, 15) is 9.59 Å². The highest BCUT2D eigenvalue weighted by Crippen LogP contribution is 2.37. The standard InChI is InChI=1S/C22H27N7O6/c1-22(2)34-12-14(35-22)11-33-17-9-23-16(8-24-17)26-21(31)29-13-5-4-6-28(10-13)15-7-25-18(20(30)32-3)27-19(15)29/h7-9,13-14H,4-6,10-12H2,1-3H3,(H,23,26,31)/t13?,14-/m0/s1. The van der Waals surface area contributed by atoms with Crippen LogP contribution >= 0.6 is 0 Å². The van der Waals surface area contributed by atoms with Gasteiger partial charge in [0.25, 0.3) is 0 Å². The van der Waals surface area contributed by atoms with Crippen LogP contribution in [0.3, 0.4) is 0 Å². The fraction of sp³-hybridized carbons (Fsp3) is 0.545. The van der Waals surface area contributed by atoms with Gasteiger partial charge < -0.3 is 23.8 Å². The number of carbonyl (C=O) groups is 2. The van der Waals surface area contributed by atoms with E-state index in [2.05, 4.69) is 30.2 Å². The van der Waals surface area contributed by atoms with Gasteiger partial charge in [0.15, 0.2) is 17.4 Å². The van der Waals surface area contributed by atoms with Gasteiger partial charge in [-0.1, -0.05) is 0 Å². The summed E-state index contributed by atoms with van der Waals surface area (Å²) < 4.78 is 21.6. The van der Waals surface area contributed by atoms with Crippen molar-refractivity contribution in [2.45, 2.75) is 44.6 Å². The van der Waals surface area contributed by atoms with Crippen molar-refractivity contribution < 1.29 is 28.5 Å². The number of nitrogens with one attached hydrogen (secondary N) is 1. The molecule has 13 heteroatoms. The van der Waals surface area contributed by atoms with Crippen molar-refractivity contribution in [3.8, 4) is 5.88 Å². The lowest BCUT2D eigenvalue weighted by molar-refractivity contribution is -0.141. The Morgan fingerprint density at radius 2 is 2.09 bits per heavy atom. The predicted molar refractivity (Wildman–Crippen MR) is 123 cm³/mol. The Morgan fingerprint density at radius 1 is 1.23 bits per heavy atom. The van der Waals surface area contributed by atoms with Crippen molar-refractivity contribution in [2.24, 2.45) is 0 Å². The third kappa shape index (κ3) is 4.82. The molecule has 5 rings (SSSR count). The molecule has 2 fully saturated rings. The molecule has 0 spiro atoms. The third-order valence-electron chi connectivity index (χ3n) is 6.01. The number of hydrogen-bond donors (Lipinski definition) is 1. The molecule has 2 aromatic rings. The van der Waals surface area contributed by atoms with Crippen LogP contribution in [0.1, 0.15) is 37.3 Å². The fourth-order valence-corrected chi connectivity index (χ4v) is 4.42. The summed E-state index contributed by atoms with van der Waals surface area (Å²) in [5.41, 5.74) is 0.694. The number of ether oxygens (including phenoxy) is 4. The van der Waals surface area contributed by atoms with Crippen LogP contribution in [0.15, 0.2) is 18.6 Å². The first-order valence-electron chi connectivity index (χ1n) is 11.4. The second kappa shape index (κ2) is 9.23. The smallest absolute Gasteiger partial charge is 0.376 e. The number of anilines is 3. The molecule has 35 heavy (non-hydrogen) atoms. The SMILES string of the molecule is COC(=O)c1ncc2c(n1)N(C(=O)Nc1cnc(OC[C@H]3COC(C)(C)O3)cn1)C1CCCN2C1. The molecule has 0 saturated carbocycles. The Morgan fingerprint density at radius 3 is 2.80 bits per heavy atom. The average Bonchev–Trinajstić information content (AvgIpc) is 3.21. The van der Waals surface area contributed by atoms with Crippen LogP contribution in [0.2, 0.25) is 0 Å². The Bertz CT molecular complexity index is 1110. The Labute approximate surface area is 201 Å². The fourth-order valence-electron chi connectivity index (χ4n) is 4.42. The number of carbonyl (C=O) groups excluding carboxylic acids is 2. The molecule has 1 N–H and O–H groups in total. The number of hydrogen-bond acceptors (Lipinski definition) is 11. The van der Waals surface area contributed by atoms with Gasteiger partial charge >= 0.3 is 12.0 Å². The maximum Gasteiger partial charge on any atom is 0.376 e. The molecule has 186 valence electrons. The molecule has 0 aromatic carbocycles. The van der Waals surface area contributed by atoms with Crippen molar-refractivity contribution in [2.75, 3.05) is 48.5 Å². The largest absolute Gasteiger partial charge is 0.474 e. The minimum atomic E-state index is -0.668. The van der Waals surface area contributed by atoms with E-state index in [1.165, 1.54) is 19.5 Å². The van der Waals surface area contributed by atoms with E-state index < -0.39 is 17.8 Å². The number of aromatic nitrogens is 4. The van der Waals surface area contributed by atoms with Crippen molar-refractivity contribution in [1.82, 2.24) is 19.9 Å². The molecule has 2 bridgehead atoms. The van der Waals surface area contributed by atoms with Crippen molar-refractivity contribution >= 4 is 29.3 Å². The Balaban J connectivity index is 1.28. The monoisotopic (exact) mass is 485 g/mol. The highest BCUT2D eigenvalue weighted by atomic mass is 16.7. The summed E-state index contributed by atoms with van der Waals surface area (Å²) in [4.78, 5) is 45.9. The second-order valence-electron chi connectivity index (χ2n) is 8.94. The van der Waals surface area contributed by atoms with E-state index in [1.807, 2.05) is 13.8 Å². The summed E-state index contributed by atoms with van der Waals surface area (Å²) in [6.45, 7) is 5.89. The number of amides is 2. The molecule has 1 unspecified atom stereocenters. The van der Waals surface area contributed by atoms with Gasteiger partial charge in [0.05, 0.1) is 44.0 Å². The molecule has 13 nitrogen and oxygen atoms in total. The number of methoxy groups -OCH3 is 1. The zero-order valence-corrected chi connectivity index (χ0v) is 19.8. The number of piperidine rings is 1. The summed E-state index contributed by atoms with van der Waals surface area (Å²) in [5.74, 6) is -0.476. The molecule has 3 aliphatic rings. The van der Waals surface area contributed by atoms with E-state index in [-0.39, 0.29) is 30.4 Å². The number of rotatable bonds is 5. The molecule has 0 aliphatic carbocycles. The van der Waals surface area contributed by atoms with Gasteiger partial charge in [-0.25, -0.2) is 29.5 Å². The van der Waals surface area contributed by atoms with Crippen molar-refractivity contribution in [3.05, 3.63) is 24.4 Å². The normalized spacial score (nSPS) is 22.4. The number of esters is 1. The molecule has 2 atom stereocenters. The van der Waals surface area contributed by atoms with Gasteiger partial charge in [-0.05, 0) is 26.7 Å².